The first-order valence-corrected chi connectivity index (χ1v) is 6.53. The van der Waals surface area contributed by atoms with E-state index in [0.717, 1.165) is 12.8 Å². The van der Waals surface area contributed by atoms with Crippen LogP contribution in [0.15, 0.2) is 18.3 Å². The summed E-state index contributed by atoms with van der Waals surface area (Å²) in [5.41, 5.74) is 0.481. The van der Waals surface area contributed by atoms with E-state index in [0.29, 0.717) is 5.69 Å². The van der Waals surface area contributed by atoms with E-state index < -0.39 is 11.9 Å². The van der Waals surface area contributed by atoms with Gasteiger partial charge in [-0.25, -0.2) is 4.98 Å². The Labute approximate surface area is 116 Å². The van der Waals surface area contributed by atoms with Gasteiger partial charge in [0.25, 0.3) is 0 Å². The molecule has 1 heterocycles. The van der Waals surface area contributed by atoms with Crippen LogP contribution in [-0.4, -0.2) is 28.5 Å². The number of pyridine rings is 1. The zero-order valence-corrected chi connectivity index (χ0v) is 11.3. The first-order chi connectivity index (χ1) is 9.00. The van der Waals surface area contributed by atoms with E-state index in [1.165, 1.54) is 11.1 Å². The fraction of sp³-hybridized carbons (Fsp3) is 0.462. The highest BCUT2D eigenvalue weighted by Gasteiger charge is 2.36. The van der Waals surface area contributed by atoms with Gasteiger partial charge in [0.1, 0.15) is 0 Å². The van der Waals surface area contributed by atoms with E-state index >= 15 is 0 Å². The molecular formula is C13H15ClN2O3. The minimum Gasteiger partial charge on any atom is -0.481 e. The maximum atomic E-state index is 12.3. The van der Waals surface area contributed by atoms with Crippen molar-refractivity contribution >= 4 is 29.2 Å². The van der Waals surface area contributed by atoms with Crippen LogP contribution >= 0.6 is 11.6 Å². The highest BCUT2D eigenvalue weighted by Crippen LogP contribution is 2.34. The van der Waals surface area contributed by atoms with Gasteiger partial charge in [-0.2, -0.15) is 0 Å². The highest BCUT2D eigenvalue weighted by atomic mass is 35.5. The molecule has 19 heavy (non-hydrogen) atoms. The van der Waals surface area contributed by atoms with Crippen LogP contribution < -0.4 is 4.90 Å². The number of carboxylic acids is 1. The second-order valence-corrected chi connectivity index (χ2v) is 5.13. The van der Waals surface area contributed by atoms with Gasteiger partial charge in [0.2, 0.25) is 5.91 Å². The van der Waals surface area contributed by atoms with E-state index in [2.05, 4.69) is 4.98 Å². The second kappa shape index (κ2) is 5.57. The molecule has 6 heteroatoms. The molecular weight excluding hydrogens is 268 g/mol. The van der Waals surface area contributed by atoms with Gasteiger partial charge in [0.05, 0.1) is 11.6 Å². The van der Waals surface area contributed by atoms with Crippen LogP contribution in [0.2, 0.25) is 5.15 Å². The third-order valence-corrected chi connectivity index (χ3v) is 3.39. The minimum absolute atomic E-state index is 0.00253. The Hall–Kier alpha value is -1.62. The van der Waals surface area contributed by atoms with Crippen molar-refractivity contribution in [2.24, 2.45) is 11.8 Å². The predicted octanol–water partition coefficient (Wildman–Crippen LogP) is 2.20. The Morgan fingerprint density at radius 1 is 1.58 bits per heavy atom. The topological polar surface area (TPSA) is 70.5 Å². The molecule has 1 amide bonds. The molecule has 0 bridgehead atoms. The zero-order valence-electron chi connectivity index (χ0n) is 10.5. The molecule has 2 rings (SSSR count). The lowest BCUT2D eigenvalue weighted by Gasteiger charge is -2.25. The van der Waals surface area contributed by atoms with Gasteiger partial charge in [0, 0.05) is 18.7 Å². The number of carbonyl (C=O) groups excluding carboxylic acids is 1. The predicted molar refractivity (Wildman–Crippen MR) is 71.1 cm³/mol. The fourth-order valence-corrected chi connectivity index (χ4v) is 2.01. The first kappa shape index (κ1) is 13.8. The summed E-state index contributed by atoms with van der Waals surface area (Å²) in [6.45, 7) is 1.68. The Balaban J connectivity index is 2.26. The largest absolute Gasteiger partial charge is 0.481 e. The van der Waals surface area contributed by atoms with Gasteiger partial charge in [-0.05, 0) is 25.0 Å². The molecule has 1 unspecified atom stereocenters. The molecule has 1 aromatic rings. The van der Waals surface area contributed by atoms with Crippen molar-refractivity contribution in [1.29, 1.82) is 0 Å². The van der Waals surface area contributed by atoms with Gasteiger partial charge in [-0.15, -0.1) is 0 Å². The number of nitrogens with zero attached hydrogens (tertiary/aromatic N) is 2. The van der Waals surface area contributed by atoms with E-state index in [1.54, 1.807) is 19.1 Å². The lowest BCUT2D eigenvalue weighted by atomic mass is 10.1. The van der Waals surface area contributed by atoms with Crippen molar-refractivity contribution < 1.29 is 14.7 Å². The average molecular weight is 283 g/mol. The van der Waals surface area contributed by atoms with E-state index in [4.69, 9.17) is 16.7 Å². The molecule has 102 valence electrons. The number of hydrogen-bond acceptors (Lipinski definition) is 3. The summed E-state index contributed by atoms with van der Waals surface area (Å²) in [7, 11) is 0. The van der Waals surface area contributed by atoms with E-state index in [1.807, 2.05) is 0 Å². The van der Waals surface area contributed by atoms with Crippen LogP contribution in [0.25, 0.3) is 0 Å². The summed E-state index contributed by atoms with van der Waals surface area (Å²) in [5, 5.41) is 9.21. The lowest BCUT2D eigenvalue weighted by Crippen LogP contribution is -2.38. The van der Waals surface area contributed by atoms with Crippen LogP contribution in [0.1, 0.15) is 19.8 Å². The lowest BCUT2D eigenvalue weighted by molar-refractivity contribution is -0.140. The molecule has 0 aliphatic heterocycles. The summed E-state index contributed by atoms with van der Waals surface area (Å²) >= 11 is 6.00. The summed E-state index contributed by atoms with van der Waals surface area (Å²) in [4.78, 5) is 28.6. The molecule has 1 atom stereocenters. The molecule has 1 N–H and O–H groups in total. The quantitative estimate of drug-likeness (QED) is 0.841. The van der Waals surface area contributed by atoms with E-state index in [-0.39, 0.29) is 23.5 Å². The van der Waals surface area contributed by atoms with Crippen LogP contribution in [0, 0.1) is 11.8 Å². The van der Waals surface area contributed by atoms with Crippen molar-refractivity contribution in [3.63, 3.8) is 0 Å². The summed E-state index contributed by atoms with van der Waals surface area (Å²) in [6, 6.07) is 3.37. The molecule has 0 aromatic carbocycles. The Morgan fingerprint density at radius 2 is 2.26 bits per heavy atom. The SMILES string of the molecule is CC(CN(C(=O)C1CC1)c1cccnc1Cl)C(=O)O. The van der Waals surface area contributed by atoms with Crippen molar-refractivity contribution in [3.05, 3.63) is 23.5 Å². The number of anilines is 1. The Kier molecular flexibility index (Phi) is 4.04. The molecule has 1 aromatic heterocycles. The first-order valence-electron chi connectivity index (χ1n) is 6.15. The third kappa shape index (κ3) is 3.23. The maximum Gasteiger partial charge on any atom is 0.308 e. The second-order valence-electron chi connectivity index (χ2n) is 4.78. The van der Waals surface area contributed by atoms with Crippen LogP contribution in [0.3, 0.4) is 0 Å². The fourth-order valence-electron chi connectivity index (χ4n) is 1.79. The molecule has 1 aliphatic carbocycles. The zero-order chi connectivity index (χ0) is 14.0. The molecule has 0 spiro atoms. The highest BCUT2D eigenvalue weighted by molar-refractivity contribution is 6.32. The molecule has 0 radical (unpaired) electrons. The number of aliphatic carboxylic acids is 1. The summed E-state index contributed by atoms with van der Waals surface area (Å²) in [5.74, 6) is -1.66. The summed E-state index contributed by atoms with van der Waals surface area (Å²) < 4.78 is 0. The van der Waals surface area contributed by atoms with Gasteiger partial charge in [-0.1, -0.05) is 18.5 Å². The van der Waals surface area contributed by atoms with Crippen molar-refractivity contribution in [1.82, 2.24) is 4.98 Å². The number of carbonyl (C=O) groups is 2. The monoisotopic (exact) mass is 282 g/mol. The molecule has 1 fully saturated rings. The number of carboxylic acid groups (broad SMARTS) is 1. The summed E-state index contributed by atoms with van der Waals surface area (Å²) in [6.07, 6.45) is 3.25. The number of rotatable bonds is 5. The van der Waals surface area contributed by atoms with Crippen molar-refractivity contribution in [2.75, 3.05) is 11.4 Å². The number of halogens is 1. The average Bonchev–Trinajstić information content (AvgIpc) is 3.20. The van der Waals surface area contributed by atoms with Crippen molar-refractivity contribution in [2.45, 2.75) is 19.8 Å². The molecule has 5 nitrogen and oxygen atoms in total. The number of amides is 1. The normalized spacial score (nSPS) is 15.9. The molecule has 1 saturated carbocycles. The standard InChI is InChI=1S/C13H15ClN2O3/c1-8(13(18)19)7-16(12(17)9-4-5-9)10-3-2-6-15-11(10)14/h2-3,6,8-9H,4-5,7H2,1H3,(H,18,19). The molecule has 1 aliphatic rings. The van der Waals surface area contributed by atoms with Gasteiger partial charge < -0.3 is 10.0 Å². The van der Waals surface area contributed by atoms with Gasteiger partial charge in [0.15, 0.2) is 5.15 Å². The van der Waals surface area contributed by atoms with Crippen LogP contribution in [0.5, 0.6) is 0 Å². The van der Waals surface area contributed by atoms with Gasteiger partial charge in [-0.3, -0.25) is 9.59 Å². The number of aromatic nitrogens is 1. The van der Waals surface area contributed by atoms with Crippen LogP contribution in [0.4, 0.5) is 5.69 Å². The van der Waals surface area contributed by atoms with Crippen LogP contribution in [-0.2, 0) is 9.59 Å². The number of hydrogen-bond donors (Lipinski definition) is 1. The van der Waals surface area contributed by atoms with Gasteiger partial charge >= 0.3 is 5.97 Å². The van der Waals surface area contributed by atoms with E-state index in [9.17, 15) is 9.59 Å². The molecule has 0 saturated heterocycles. The Morgan fingerprint density at radius 3 is 2.79 bits per heavy atom. The Bertz CT molecular complexity index is 502. The third-order valence-electron chi connectivity index (χ3n) is 3.10. The smallest absolute Gasteiger partial charge is 0.308 e. The minimum atomic E-state index is -0.936. The maximum absolute atomic E-state index is 12.3. The van der Waals surface area contributed by atoms with Crippen molar-refractivity contribution in [3.8, 4) is 0 Å².